The van der Waals surface area contributed by atoms with Crippen molar-refractivity contribution in [3.8, 4) is 0 Å². The molecule has 0 aliphatic rings. The Morgan fingerprint density at radius 1 is 1.60 bits per heavy atom. The maximum Gasteiger partial charge on any atom is 0.0948 e. The van der Waals surface area contributed by atoms with Gasteiger partial charge in [0.15, 0.2) is 0 Å². The predicted octanol–water partition coefficient (Wildman–Crippen LogP) is 0.917. The van der Waals surface area contributed by atoms with E-state index in [9.17, 15) is 4.21 Å². The summed E-state index contributed by atoms with van der Waals surface area (Å²) in [7, 11) is -0.772. The molecule has 0 spiro atoms. The number of hydrogen-bond acceptors (Lipinski definition) is 3. The molecule has 0 aromatic carbocycles. The van der Waals surface area contributed by atoms with Gasteiger partial charge in [-0.25, -0.2) is 4.98 Å². The second kappa shape index (κ2) is 5.42. The van der Waals surface area contributed by atoms with Crippen molar-refractivity contribution in [2.45, 2.75) is 26.4 Å². The third-order valence-electron chi connectivity index (χ3n) is 2.42. The second-order valence-corrected chi connectivity index (χ2v) is 5.61. The van der Waals surface area contributed by atoms with E-state index in [2.05, 4.69) is 18.8 Å². The largest absolute Gasteiger partial charge is 0.332 e. The summed E-state index contributed by atoms with van der Waals surface area (Å²) in [4.78, 5) is 4.09. The molecule has 1 aromatic heterocycles. The second-order valence-electron chi connectivity index (χ2n) is 4.06. The molecule has 1 heterocycles. The Balaban J connectivity index is 2.73. The zero-order chi connectivity index (χ0) is 11.4. The van der Waals surface area contributed by atoms with Gasteiger partial charge in [0.25, 0.3) is 0 Å². The highest BCUT2D eigenvalue weighted by molar-refractivity contribution is 7.84. The summed E-state index contributed by atoms with van der Waals surface area (Å²) in [5, 5.41) is 0. The van der Waals surface area contributed by atoms with E-state index >= 15 is 0 Å². The van der Waals surface area contributed by atoms with Gasteiger partial charge in [0.2, 0.25) is 0 Å². The van der Waals surface area contributed by atoms with Crippen LogP contribution in [0.4, 0.5) is 0 Å². The van der Waals surface area contributed by atoms with Crippen molar-refractivity contribution >= 4 is 10.8 Å². The SMILES string of the molecule is CC(C)C(N)c1cncn1CCS(C)=O. The minimum Gasteiger partial charge on any atom is -0.332 e. The zero-order valence-electron chi connectivity index (χ0n) is 9.51. The van der Waals surface area contributed by atoms with Crippen molar-refractivity contribution in [2.75, 3.05) is 12.0 Å². The lowest BCUT2D eigenvalue weighted by atomic mass is 10.0. The van der Waals surface area contributed by atoms with E-state index in [1.807, 2.05) is 4.57 Å². The quantitative estimate of drug-likeness (QED) is 0.816. The standard InChI is InChI=1S/C10H19N3OS/c1-8(2)10(11)9-6-12-7-13(9)4-5-15(3)14/h6-8,10H,4-5,11H2,1-3H3. The molecule has 4 nitrogen and oxygen atoms in total. The first-order chi connectivity index (χ1) is 7.02. The van der Waals surface area contributed by atoms with Crippen LogP contribution in [0.15, 0.2) is 12.5 Å². The highest BCUT2D eigenvalue weighted by Gasteiger charge is 2.14. The van der Waals surface area contributed by atoms with Crippen molar-refractivity contribution in [3.05, 3.63) is 18.2 Å². The number of nitrogens with two attached hydrogens (primary N) is 1. The molecule has 0 fully saturated rings. The third kappa shape index (κ3) is 3.43. The van der Waals surface area contributed by atoms with E-state index in [4.69, 9.17) is 5.73 Å². The molecule has 86 valence electrons. The molecule has 0 aliphatic heterocycles. The molecular formula is C10H19N3OS. The van der Waals surface area contributed by atoms with E-state index in [1.165, 1.54) is 0 Å². The zero-order valence-corrected chi connectivity index (χ0v) is 10.3. The molecule has 2 atom stereocenters. The van der Waals surface area contributed by atoms with E-state index < -0.39 is 10.8 Å². The molecule has 5 heteroatoms. The first-order valence-corrected chi connectivity index (χ1v) is 6.80. The van der Waals surface area contributed by atoms with Crippen molar-refractivity contribution in [1.29, 1.82) is 0 Å². The Morgan fingerprint density at radius 3 is 2.80 bits per heavy atom. The molecule has 1 rings (SSSR count). The molecule has 0 amide bonds. The summed E-state index contributed by atoms with van der Waals surface area (Å²) in [6.45, 7) is 4.89. The monoisotopic (exact) mass is 229 g/mol. The molecule has 0 aliphatic carbocycles. The van der Waals surface area contributed by atoms with Crippen LogP contribution in [0, 0.1) is 5.92 Å². The number of imidazole rings is 1. The van der Waals surface area contributed by atoms with E-state index in [1.54, 1.807) is 18.8 Å². The topological polar surface area (TPSA) is 60.9 Å². The lowest BCUT2D eigenvalue weighted by Crippen LogP contribution is -2.21. The fourth-order valence-electron chi connectivity index (χ4n) is 1.36. The highest BCUT2D eigenvalue weighted by Crippen LogP contribution is 2.18. The Labute approximate surface area is 93.3 Å². The average Bonchev–Trinajstić information content (AvgIpc) is 2.60. The summed E-state index contributed by atoms with van der Waals surface area (Å²) >= 11 is 0. The van der Waals surface area contributed by atoms with Crippen molar-refractivity contribution in [3.63, 3.8) is 0 Å². The number of hydrogen-bond donors (Lipinski definition) is 1. The Bertz CT molecular complexity index is 335. The molecule has 2 N–H and O–H groups in total. The summed E-state index contributed by atoms with van der Waals surface area (Å²) in [5.74, 6) is 1.03. The van der Waals surface area contributed by atoms with E-state index in [0.717, 1.165) is 12.2 Å². The first-order valence-electron chi connectivity index (χ1n) is 5.08. The minimum atomic E-state index is -0.772. The number of aryl methyl sites for hydroxylation is 1. The normalized spacial score (nSPS) is 15.5. The van der Waals surface area contributed by atoms with E-state index in [-0.39, 0.29) is 6.04 Å². The molecule has 2 unspecified atom stereocenters. The van der Waals surface area contributed by atoms with Crippen LogP contribution in [-0.2, 0) is 17.3 Å². The van der Waals surface area contributed by atoms with Gasteiger partial charge in [0.1, 0.15) is 0 Å². The van der Waals surface area contributed by atoms with Crippen molar-refractivity contribution in [1.82, 2.24) is 9.55 Å². The molecule has 0 saturated carbocycles. The van der Waals surface area contributed by atoms with Crippen LogP contribution in [-0.4, -0.2) is 25.8 Å². The Hall–Kier alpha value is -0.680. The molecule has 15 heavy (non-hydrogen) atoms. The minimum absolute atomic E-state index is 0.00204. The molecule has 1 aromatic rings. The van der Waals surface area contributed by atoms with Gasteiger partial charge in [-0.3, -0.25) is 4.21 Å². The van der Waals surface area contributed by atoms with Crippen LogP contribution in [0.5, 0.6) is 0 Å². The number of nitrogens with zero attached hydrogens (tertiary/aromatic N) is 2. The predicted molar refractivity (Wildman–Crippen MR) is 62.9 cm³/mol. The van der Waals surface area contributed by atoms with Gasteiger partial charge < -0.3 is 10.3 Å². The van der Waals surface area contributed by atoms with Gasteiger partial charge in [-0.1, -0.05) is 13.8 Å². The molecule has 0 bridgehead atoms. The molecule has 0 radical (unpaired) electrons. The Morgan fingerprint density at radius 2 is 2.27 bits per heavy atom. The van der Waals surface area contributed by atoms with Crippen LogP contribution >= 0.6 is 0 Å². The van der Waals surface area contributed by atoms with Crippen LogP contribution in [0.2, 0.25) is 0 Å². The smallest absolute Gasteiger partial charge is 0.0948 e. The average molecular weight is 229 g/mol. The van der Waals surface area contributed by atoms with Gasteiger partial charge >= 0.3 is 0 Å². The highest BCUT2D eigenvalue weighted by atomic mass is 32.2. The van der Waals surface area contributed by atoms with Gasteiger partial charge in [-0.15, -0.1) is 0 Å². The molecule has 0 saturated heterocycles. The van der Waals surface area contributed by atoms with Crippen molar-refractivity contribution < 1.29 is 4.21 Å². The lowest BCUT2D eigenvalue weighted by Gasteiger charge is -2.17. The molecular weight excluding hydrogens is 210 g/mol. The Kier molecular flexibility index (Phi) is 4.47. The van der Waals surface area contributed by atoms with Crippen LogP contribution in [0.1, 0.15) is 25.6 Å². The van der Waals surface area contributed by atoms with Gasteiger partial charge in [-0.2, -0.15) is 0 Å². The summed E-state index contributed by atoms with van der Waals surface area (Å²) in [5.41, 5.74) is 7.08. The van der Waals surface area contributed by atoms with Crippen LogP contribution in [0.25, 0.3) is 0 Å². The number of rotatable bonds is 5. The number of aromatic nitrogens is 2. The first kappa shape index (κ1) is 12.4. The lowest BCUT2D eigenvalue weighted by molar-refractivity contribution is 0.482. The van der Waals surface area contributed by atoms with E-state index in [0.29, 0.717) is 11.7 Å². The maximum absolute atomic E-state index is 11.0. The summed E-state index contributed by atoms with van der Waals surface area (Å²) in [6, 6.07) is -0.00204. The van der Waals surface area contributed by atoms with Gasteiger partial charge in [0.05, 0.1) is 12.0 Å². The maximum atomic E-state index is 11.0. The van der Waals surface area contributed by atoms with Crippen molar-refractivity contribution in [2.24, 2.45) is 11.7 Å². The summed E-state index contributed by atoms with van der Waals surface area (Å²) in [6.07, 6.45) is 5.26. The van der Waals surface area contributed by atoms with Crippen LogP contribution < -0.4 is 5.73 Å². The summed E-state index contributed by atoms with van der Waals surface area (Å²) < 4.78 is 13.0. The van der Waals surface area contributed by atoms with Gasteiger partial charge in [-0.05, 0) is 5.92 Å². The van der Waals surface area contributed by atoms with Gasteiger partial charge in [0, 0.05) is 41.6 Å². The fraction of sp³-hybridized carbons (Fsp3) is 0.700. The fourth-order valence-corrected chi connectivity index (χ4v) is 1.82. The van der Waals surface area contributed by atoms with Crippen LogP contribution in [0.3, 0.4) is 0 Å². The third-order valence-corrected chi connectivity index (χ3v) is 3.18.